The van der Waals surface area contributed by atoms with Crippen LogP contribution in [-0.2, 0) is 30.6 Å². The molecule has 2 aromatic heterocycles. The number of oxime groups is 1. The molecular formula is C19H18N6O6S2. The zero-order valence-electron chi connectivity index (χ0n) is 17.1. The van der Waals surface area contributed by atoms with Crippen LogP contribution < -0.4 is 11.1 Å². The fraction of sp³-hybridized carbons (Fsp3) is 0.263. The van der Waals surface area contributed by atoms with Crippen LogP contribution in [-0.4, -0.2) is 67.7 Å². The highest BCUT2D eigenvalue weighted by molar-refractivity contribution is 8.00. The number of aromatic nitrogens is 2. The number of fused-ring (bicyclic) bond motifs is 1. The van der Waals surface area contributed by atoms with Crippen molar-refractivity contribution in [3.8, 4) is 0 Å². The van der Waals surface area contributed by atoms with Crippen molar-refractivity contribution in [3.05, 3.63) is 52.6 Å². The lowest BCUT2D eigenvalue weighted by molar-refractivity contribution is -0.150. The fourth-order valence-electron chi connectivity index (χ4n) is 3.25. The first-order valence-electron chi connectivity index (χ1n) is 9.47. The van der Waals surface area contributed by atoms with Crippen LogP contribution in [0.2, 0.25) is 0 Å². The number of hydrogen-bond donors (Lipinski definition) is 3. The number of nitrogens with two attached hydrogens (primary N) is 1. The smallest absolute Gasteiger partial charge is 0.356 e. The van der Waals surface area contributed by atoms with E-state index in [1.54, 1.807) is 24.5 Å². The van der Waals surface area contributed by atoms with E-state index < -0.39 is 29.2 Å². The van der Waals surface area contributed by atoms with Crippen LogP contribution in [0.1, 0.15) is 11.3 Å². The fourth-order valence-corrected chi connectivity index (χ4v) is 5.08. The summed E-state index contributed by atoms with van der Waals surface area (Å²) in [5, 5.41) is 17.2. The lowest BCUT2D eigenvalue weighted by Crippen LogP contribution is -2.71. The molecule has 1 fully saturated rings. The number of anilines is 1. The molecule has 4 rings (SSSR count). The van der Waals surface area contributed by atoms with E-state index >= 15 is 0 Å². The van der Waals surface area contributed by atoms with Crippen molar-refractivity contribution in [2.75, 3.05) is 18.6 Å². The third-order valence-electron chi connectivity index (χ3n) is 4.75. The number of hydrogen-bond acceptors (Lipinski definition) is 11. The summed E-state index contributed by atoms with van der Waals surface area (Å²) in [5.41, 5.74) is 6.25. The topological polar surface area (TPSA) is 169 Å². The lowest BCUT2D eigenvalue weighted by atomic mass is 10.0. The summed E-state index contributed by atoms with van der Waals surface area (Å²) in [6, 6.07) is 2.54. The van der Waals surface area contributed by atoms with Crippen LogP contribution in [0.3, 0.4) is 0 Å². The molecule has 33 heavy (non-hydrogen) atoms. The zero-order valence-corrected chi connectivity index (χ0v) is 18.8. The second-order valence-corrected chi connectivity index (χ2v) is 8.77. The average Bonchev–Trinajstić information content (AvgIpc) is 3.25. The Kier molecular flexibility index (Phi) is 6.46. The van der Waals surface area contributed by atoms with Gasteiger partial charge in [0.1, 0.15) is 36.6 Å². The van der Waals surface area contributed by atoms with E-state index in [9.17, 15) is 19.5 Å². The molecule has 12 nitrogen and oxygen atoms in total. The molecule has 2 aliphatic heterocycles. The minimum absolute atomic E-state index is 0.135. The summed E-state index contributed by atoms with van der Waals surface area (Å²) in [4.78, 5) is 51.3. The van der Waals surface area contributed by atoms with E-state index in [1.165, 1.54) is 24.3 Å². The summed E-state index contributed by atoms with van der Waals surface area (Å²) < 4.78 is 5.70. The molecule has 0 spiro atoms. The molecule has 14 heteroatoms. The number of β-lactam (4-membered cyclic amide) rings is 1. The number of nitrogen functional groups attached to an aromatic ring is 1. The van der Waals surface area contributed by atoms with Gasteiger partial charge in [-0.1, -0.05) is 5.16 Å². The van der Waals surface area contributed by atoms with E-state index in [4.69, 9.17) is 15.3 Å². The minimum atomic E-state index is -1.29. The van der Waals surface area contributed by atoms with Crippen LogP contribution in [0.25, 0.3) is 0 Å². The molecule has 172 valence electrons. The number of amides is 2. The van der Waals surface area contributed by atoms with Gasteiger partial charge in [-0.15, -0.1) is 23.1 Å². The normalized spacial score (nSPS) is 20.1. The predicted octanol–water partition coefficient (Wildman–Crippen LogP) is 0.384. The second-order valence-electron chi connectivity index (χ2n) is 6.78. The molecule has 2 atom stereocenters. The Morgan fingerprint density at radius 3 is 2.79 bits per heavy atom. The summed E-state index contributed by atoms with van der Waals surface area (Å²) in [6.07, 6.45) is 3.20. The number of carbonyl (C=O) groups is 3. The SMILES string of the molecule is CO/N=C(\C(=O)N[C@@H]1C(=O)N2C(C(=O)O)=C(OCc3ccncc3)CS[C@H]12)c1csc(N)n1. The van der Waals surface area contributed by atoms with Gasteiger partial charge in [-0.05, 0) is 17.7 Å². The van der Waals surface area contributed by atoms with E-state index in [-0.39, 0.29) is 40.4 Å². The minimum Gasteiger partial charge on any atom is -0.490 e. The number of pyridine rings is 1. The molecule has 0 bridgehead atoms. The van der Waals surface area contributed by atoms with Crippen molar-refractivity contribution in [2.24, 2.45) is 5.16 Å². The van der Waals surface area contributed by atoms with Gasteiger partial charge in [0.2, 0.25) is 0 Å². The average molecular weight is 491 g/mol. The summed E-state index contributed by atoms with van der Waals surface area (Å²) in [7, 11) is 1.27. The highest BCUT2D eigenvalue weighted by Gasteiger charge is 2.55. The van der Waals surface area contributed by atoms with Crippen LogP contribution in [0, 0.1) is 0 Å². The number of carboxylic acid groups (broad SMARTS) is 1. The maximum absolute atomic E-state index is 12.8. The Bertz CT molecular complexity index is 1150. The summed E-state index contributed by atoms with van der Waals surface area (Å²) >= 11 is 2.41. The van der Waals surface area contributed by atoms with Gasteiger partial charge in [0, 0.05) is 17.8 Å². The molecule has 0 radical (unpaired) electrons. The van der Waals surface area contributed by atoms with Crippen LogP contribution in [0.15, 0.2) is 46.5 Å². The van der Waals surface area contributed by atoms with E-state index in [2.05, 4.69) is 20.4 Å². The number of carboxylic acids is 1. The highest BCUT2D eigenvalue weighted by Crippen LogP contribution is 2.40. The van der Waals surface area contributed by atoms with Gasteiger partial charge in [0.25, 0.3) is 11.8 Å². The van der Waals surface area contributed by atoms with Crippen LogP contribution >= 0.6 is 23.1 Å². The molecule has 4 N–H and O–H groups in total. The van der Waals surface area contributed by atoms with Crippen molar-refractivity contribution in [1.29, 1.82) is 0 Å². The molecule has 0 aromatic carbocycles. The molecule has 2 aromatic rings. The molecule has 1 saturated heterocycles. The van der Waals surface area contributed by atoms with Crippen LogP contribution in [0.4, 0.5) is 5.13 Å². The van der Waals surface area contributed by atoms with Gasteiger partial charge in [0.05, 0.1) is 5.75 Å². The van der Waals surface area contributed by atoms with Gasteiger partial charge >= 0.3 is 5.97 Å². The molecular weight excluding hydrogens is 472 g/mol. The lowest BCUT2D eigenvalue weighted by Gasteiger charge is -2.48. The summed E-state index contributed by atoms with van der Waals surface area (Å²) in [5.74, 6) is -2.16. The van der Waals surface area contributed by atoms with Crippen molar-refractivity contribution in [2.45, 2.75) is 18.0 Å². The van der Waals surface area contributed by atoms with Crippen molar-refractivity contribution in [1.82, 2.24) is 20.2 Å². The number of aliphatic carboxylic acids is 1. The molecule has 4 heterocycles. The first-order valence-corrected chi connectivity index (χ1v) is 11.4. The number of ether oxygens (including phenoxy) is 1. The third kappa shape index (κ3) is 4.47. The standard InChI is InChI=1S/C19H18N6O6S2/c1-30-24-12(10-7-33-19(20)22-10)15(26)23-13-16(27)25-14(18(28)29)11(8-32-17(13)25)31-6-9-2-4-21-5-3-9/h2-5,7,13,17H,6,8H2,1H3,(H2,20,22)(H,23,26)(H,28,29)/b24-12-/t13-,17-/m1/s1. The first kappa shape index (κ1) is 22.5. The maximum atomic E-state index is 12.8. The Morgan fingerprint density at radius 1 is 1.39 bits per heavy atom. The molecule has 2 amide bonds. The van der Waals surface area contributed by atoms with Crippen LogP contribution in [0.5, 0.6) is 0 Å². The Labute approximate surface area is 195 Å². The number of thiazole rings is 1. The molecule has 2 aliphatic rings. The Hall–Kier alpha value is -3.65. The first-order chi connectivity index (χ1) is 15.9. The number of thioether (sulfide) groups is 1. The van der Waals surface area contributed by atoms with Gasteiger partial charge in [-0.3, -0.25) is 19.5 Å². The predicted molar refractivity (Wildman–Crippen MR) is 119 cm³/mol. The number of carbonyl (C=O) groups excluding carboxylic acids is 2. The quantitative estimate of drug-likeness (QED) is 0.267. The Balaban J connectivity index is 1.49. The maximum Gasteiger partial charge on any atom is 0.356 e. The number of nitrogens with zero attached hydrogens (tertiary/aromatic N) is 4. The molecule has 0 aliphatic carbocycles. The van der Waals surface area contributed by atoms with E-state index in [1.807, 2.05) is 0 Å². The van der Waals surface area contributed by atoms with Crippen molar-refractivity contribution >= 4 is 51.7 Å². The zero-order chi connectivity index (χ0) is 23.5. The summed E-state index contributed by atoms with van der Waals surface area (Å²) in [6.45, 7) is 0.135. The second kappa shape index (κ2) is 9.46. The van der Waals surface area contributed by atoms with E-state index in [0.717, 1.165) is 21.8 Å². The number of rotatable bonds is 8. The largest absolute Gasteiger partial charge is 0.490 e. The van der Waals surface area contributed by atoms with Gasteiger partial charge < -0.3 is 25.7 Å². The van der Waals surface area contributed by atoms with Crippen molar-refractivity contribution < 1.29 is 29.1 Å². The monoisotopic (exact) mass is 490 g/mol. The number of nitrogens with one attached hydrogen (secondary N) is 1. The van der Waals surface area contributed by atoms with Gasteiger partial charge in [-0.25, -0.2) is 9.78 Å². The molecule has 0 unspecified atom stereocenters. The third-order valence-corrected chi connectivity index (χ3v) is 6.67. The Morgan fingerprint density at radius 2 is 2.15 bits per heavy atom. The highest BCUT2D eigenvalue weighted by atomic mass is 32.2. The molecule has 0 saturated carbocycles. The van der Waals surface area contributed by atoms with Gasteiger partial charge in [-0.2, -0.15) is 0 Å². The van der Waals surface area contributed by atoms with Crippen molar-refractivity contribution in [3.63, 3.8) is 0 Å². The van der Waals surface area contributed by atoms with E-state index in [0.29, 0.717) is 0 Å². The van der Waals surface area contributed by atoms with Gasteiger partial charge in [0.15, 0.2) is 16.5 Å².